The fourth-order valence-corrected chi connectivity index (χ4v) is 3.57. The number of ether oxygens (including phenoxy) is 1. The van der Waals surface area contributed by atoms with Gasteiger partial charge in [-0.1, -0.05) is 60.7 Å². The zero-order valence-corrected chi connectivity index (χ0v) is 16.0. The molecule has 2 aromatic rings. The van der Waals surface area contributed by atoms with Crippen LogP contribution in [0.1, 0.15) is 23.1 Å². The van der Waals surface area contributed by atoms with Crippen molar-refractivity contribution >= 4 is 0 Å². The Bertz CT molecular complexity index is 801. The zero-order chi connectivity index (χ0) is 20.0. The molecule has 0 saturated carbocycles. The Morgan fingerprint density at radius 1 is 0.750 bits per heavy atom. The smallest absolute Gasteiger partial charge is 0.395 e. The first-order chi connectivity index (χ1) is 13.5. The van der Waals surface area contributed by atoms with Crippen molar-refractivity contribution in [1.82, 2.24) is 0 Å². The molecule has 0 bridgehead atoms. The van der Waals surface area contributed by atoms with Gasteiger partial charge >= 0.3 is 6.18 Å². The van der Waals surface area contributed by atoms with Crippen LogP contribution >= 0.6 is 0 Å². The van der Waals surface area contributed by atoms with Crippen LogP contribution < -0.4 is 4.74 Å². The van der Waals surface area contributed by atoms with E-state index in [1.165, 1.54) is 23.3 Å². The largest absolute Gasteiger partial charge is 0.497 e. The predicted octanol–water partition coefficient (Wildman–Crippen LogP) is 6.33. The molecule has 2 unspecified atom stereocenters. The molecular formula is C24H25F3O. The summed E-state index contributed by atoms with van der Waals surface area (Å²) in [5.41, 5.74) is 3.56. The summed E-state index contributed by atoms with van der Waals surface area (Å²) in [6, 6.07) is 16.3. The van der Waals surface area contributed by atoms with E-state index in [0.717, 1.165) is 24.2 Å². The number of methoxy groups -OCH3 is 1. The first kappa shape index (κ1) is 20.2. The highest BCUT2D eigenvalue weighted by Gasteiger charge is 2.42. The Labute approximate surface area is 164 Å². The minimum atomic E-state index is -4.18. The van der Waals surface area contributed by atoms with Gasteiger partial charge in [-0.3, -0.25) is 0 Å². The molecule has 0 aliphatic heterocycles. The number of hydrogen-bond donors (Lipinski definition) is 0. The molecule has 1 aliphatic carbocycles. The van der Waals surface area contributed by atoms with Crippen molar-refractivity contribution in [3.8, 4) is 5.75 Å². The maximum Gasteiger partial charge on any atom is 0.395 e. The summed E-state index contributed by atoms with van der Waals surface area (Å²) < 4.78 is 44.6. The Morgan fingerprint density at radius 3 is 1.79 bits per heavy atom. The Hall–Kier alpha value is -2.49. The van der Waals surface area contributed by atoms with Gasteiger partial charge in [0.2, 0.25) is 0 Å². The number of halogens is 3. The Morgan fingerprint density at radius 2 is 1.25 bits per heavy atom. The summed E-state index contributed by atoms with van der Waals surface area (Å²) in [6.07, 6.45) is 4.99. The van der Waals surface area contributed by atoms with Crippen molar-refractivity contribution in [3.05, 3.63) is 89.5 Å². The molecule has 0 heterocycles. The molecule has 0 radical (unpaired) electrons. The van der Waals surface area contributed by atoms with Crippen molar-refractivity contribution in [3.63, 3.8) is 0 Å². The summed E-state index contributed by atoms with van der Waals surface area (Å²) in [5.74, 6) is -1.01. The van der Waals surface area contributed by atoms with E-state index in [4.69, 9.17) is 4.74 Å². The molecule has 3 rings (SSSR count). The van der Waals surface area contributed by atoms with Gasteiger partial charge in [-0.2, -0.15) is 13.2 Å². The highest BCUT2D eigenvalue weighted by molar-refractivity contribution is 5.29. The minimum Gasteiger partial charge on any atom is -0.497 e. The van der Waals surface area contributed by atoms with E-state index in [1.54, 1.807) is 19.3 Å². The van der Waals surface area contributed by atoms with Crippen molar-refractivity contribution < 1.29 is 17.9 Å². The topological polar surface area (TPSA) is 9.23 Å². The van der Waals surface area contributed by atoms with Gasteiger partial charge in [0, 0.05) is 0 Å². The van der Waals surface area contributed by atoms with Crippen LogP contribution in [0.15, 0.2) is 72.8 Å². The third-order valence-corrected chi connectivity index (χ3v) is 5.28. The fraction of sp³-hybridized carbons (Fsp3) is 0.333. The van der Waals surface area contributed by atoms with Gasteiger partial charge in [0.05, 0.1) is 13.0 Å². The zero-order valence-electron chi connectivity index (χ0n) is 16.0. The van der Waals surface area contributed by atoms with Gasteiger partial charge in [-0.15, -0.1) is 0 Å². The molecule has 0 aromatic heterocycles. The predicted molar refractivity (Wildman–Crippen MR) is 106 cm³/mol. The van der Waals surface area contributed by atoms with Crippen LogP contribution in [0.25, 0.3) is 0 Å². The summed E-state index contributed by atoms with van der Waals surface area (Å²) in [4.78, 5) is 0. The summed E-state index contributed by atoms with van der Waals surface area (Å²) >= 11 is 0. The molecule has 0 saturated heterocycles. The van der Waals surface area contributed by atoms with Crippen LogP contribution in [0.2, 0.25) is 0 Å². The van der Waals surface area contributed by atoms with Crippen LogP contribution in [-0.2, 0) is 19.3 Å². The Balaban J connectivity index is 1.51. The maximum atomic E-state index is 13.1. The second-order valence-corrected chi connectivity index (χ2v) is 7.20. The summed E-state index contributed by atoms with van der Waals surface area (Å²) in [7, 11) is 1.65. The molecule has 2 atom stereocenters. The van der Waals surface area contributed by atoms with Crippen molar-refractivity contribution in [2.75, 3.05) is 7.11 Å². The highest BCUT2D eigenvalue weighted by Crippen LogP contribution is 2.37. The SMILES string of the molecule is COc1ccc(CCc2ccc(CCC3C=CC=CC3C(F)(F)F)cc2)cc1. The van der Waals surface area contributed by atoms with E-state index >= 15 is 0 Å². The number of allylic oxidation sites excluding steroid dienone is 4. The number of benzene rings is 2. The number of hydrogen-bond acceptors (Lipinski definition) is 1. The van der Waals surface area contributed by atoms with Crippen LogP contribution in [0.3, 0.4) is 0 Å². The van der Waals surface area contributed by atoms with Crippen LogP contribution in [0, 0.1) is 11.8 Å². The lowest BCUT2D eigenvalue weighted by molar-refractivity contribution is -0.170. The molecule has 0 fully saturated rings. The number of aryl methyl sites for hydroxylation is 3. The Kier molecular flexibility index (Phi) is 6.61. The van der Waals surface area contributed by atoms with Gasteiger partial charge < -0.3 is 4.74 Å². The van der Waals surface area contributed by atoms with Crippen LogP contribution in [-0.4, -0.2) is 13.3 Å². The van der Waals surface area contributed by atoms with Gasteiger partial charge in [-0.25, -0.2) is 0 Å². The van der Waals surface area contributed by atoms with Crippen LogP contribution in [0.5, 0.6) is 5.75 Å². The van der Waals surface area contributed by atoms with E-state index < -0.39 is 18.0 Å². The standard InChI is InChI=1S/C24H25F3O/c1-28-22-16-13-20(14-17-22)11-8-18-6-9-19(10-7-18)12-15-21-4-2-3-5-23(21)24(25,26)27/h2-7,9-10,13-14,16-17,21,23H,8,11-12,15H2,1H3. The molecular weight excluding hydrogens is 361 g/mol. The summed E-state index contributed by atoms with van der Waals surface area (Å²) in [5, 5.41) is 0. The van der Waals surface area contributed by atoms with Crippen molar-refractivity contribution in [2.45, 2.75) is 31.9 Å². The lowest BCUT2D eigenvalue weighted by Gasteiger charge is -2.26. The molecule has 28 heavy (non-hydrogen) atoms. The fourth-order valence-electron chi connectivity index (χ4n) is 3.57. The van der Waals surface area contributed by atoms with Crippen molar-refractivity contribution in [2.24, 2.45) is 11.8 Å². The maximum absolute atomic E-state index is 13.1. The molecule has 1 nitrogen and oxygen atoms in total. The van der Waals surface area contributed by atoms with Crippen molar-refractivity contribution in [1.29, 1.82) is 0 Å². The third kappa shape index (κ3) is 5.51. The first-order valence-electron chi connectivity index (χ1n) is 9.58. The lowest BCUT2D eigenvalue weighted by atomic mass is 9.83. The van der Waals surface area contributed by atoms with Gasteiger partial charge in [0.1, 0.15) is 5.75 Å². The van der Waals surface area contributed by atoms with E-state index in [0.29, 0.717) is 12.8 Å². The average Bonchev–Trinajstić information content (AvgIpc) is 2.71. The van der Waals surface area contributed by atoms with Crippen LogP contribution in [0.4, 0.5) is 13.2 Å². The molecule has 4 heteroatoms. The second kappa shape index (κ2) is 9.13. The summed E-state index contributed by atoms with van der Waals surface area (Å²) in [6.45, 7) is 0. The number of rotatable bonds is 7. The normalized spacial score (nSPS) is 19.0. The van der Waals surface area contributed by atoms with Gasteiger partial charge in [0.25, 0.3) is 0 Å². The third-order valence-electron chi connectivity index (χ3n) is 5.28. The van der Waals surface area contributed by atoms with E-state index in [2.05, 4.69) is 24.3 Å². The molecule has 0 N–H and O–H groups in total. The monoisotopic (exact) mass is 386 g/mol. The van der Waals surface area contributed by atoms with Gasteiger partial charge in [0.15, 0.2) is 0 Å². The molecule has 148 valence electrons. The van der Waals surface area contributed by atoms with Gasteiger partial charge in [-0.05, 0) is 60.4 Å². The average molecular weight is 386 g/mol. The first-order valence-corrected chi connectivity index (χ1v) is 9.58. The second-order valence-electron chi connectivity index (χ2n) is 7.20. The van der Waals surface area contributed by atoms with E-state index in [1.807, 2.05) is 24.3 Å². The lowest BCUT2D eigenvalue weighted by Crippen LogP contribution is -2.29. The number of alkyl halides is 3. The highest BCUT2D eigenvalue weighted by atomic mass is 19.4. The quantitative estimate of drug-likeness (QED) is 0.540. The molecule has 1 aliphatic rings. The molecule has 0 spiro atoms. The van der Waals surface area contributed by atoms with E-state index in [-0.39, 0.29) is 0 Å². The molecule has 0 amide bonds. The molecule has 2 aromatic carbocycles. The minimum absolute atomic E-state index is 0.486. The van der Waals surface area contributed by atoms with E-state index in [9.17, 15) is 13.2 Å².